The van der Waals surface area contributed by atoms with E-state index >= 15 is 0 Å². The molecule has 1 heterocycles. The van der Waals surface area contributed by atoms with Crippen molar-refractivity contribution in [2.24, 2.45) is 10.9 Å². The molecule has 1 aliphatic heterocycles. The standard InChI is InChI=1S/C19H32N4O3S.HI/c1-4-20-19(21-13-16(2)3)22-14-17-7-5-6-8-18(17)15-27(24,25)23-9-11-26-12-10-23;/h5-8,16H,4,9-15H2,1-3H3,(H2,20,21,22);1H. The van der Waals surface area contributed by atoms with Gasteiger partial charge in [-0.1, -0.05) is 38.1 Å². The minimum absolute atomic E-state index is 0. The molecule has 0 spiro atoms. The van der Waals surface area contributed by atoms with Crippen LogP contribution in [0.4, 0.5) is 0 Å². The lowest BCUT2D eigenvalue weighted by Crippen LogP contribution is -2.41. The molecule has 0 atom stereocenters. The molecule has 0 saturated carbocycles. The molecule has 9 heteroatoms. The summed E-state index contributed by atoms with van der Waals surface area (Å²) >= 11 is 0. The molecular weight excluding hydrogens is 491 g/mol. The van der Waals surface area contributed by atoms with Crippen LogP contribution in [-0.4, -0.2) is 58.1 Å². The number of aliphatic imine (C=N–C) groups is 1. The van der Waals surface area contributed by atoms with Gasteiger partial charge in [-0.2, -0.15) is 4.31 Å². The molecule has 0 unspecified atom stereocenters. The van der Waals surface area contributed by atoms with Crippen LogP contribution in [0.5, 0.6) is 0 Å². The molecule has 7 nitrogen and oxygen atoms in total. The highest BCUT2D eigenvalue weighted by Gasteiger charge is 2.25. The van der Waals surface area contributed by atoms with Gasteiger partial charge in [0, 0.05) is 26.2 Å². The molecule has 2 rings (SSSR count). The van der Waals surface area contributed by atoms with Crippen LogP contribution in [0.25, 0.3) is 0 Å². The van der Waals surface area contributed by atoms with Crippen molar-refractivity contribution in [2.75, 3.05) is 39.4 Å². The zero-order valence-electron chi connectivity index (χ0n) is 17.0. The summed E-state index contributed by atoms with van der Waals surface area (Å²) in [6.07, 6.45) is 0. The summed E-state index contributed by atoms with van der Waals surface area (Å²) in [5, 5.41) is 6.53. The summed E-state index contributed by atoms with van der Waals surface area (Å²) < 4.78 is 32.2. The summed E-state index contributed by atoms with van der Waals surface area (Å²) in [4.78, 5) is 4.62. The summed E-state index contributed by atoms with van der Waals surface area (Å²) in [6, 6.07) is 7.61. The Labute approximate surface area is 186 Å². The van der Waals surface area contributed by atoms with E-state index in [1.807, 2.05) is 31.2 Å². The molecule has 0 aromatic heterocycles. The van der Waals surface area contributed by atoms with Crippen LogP contribution in [0.1, 0.15) is 31.9 Å². The van der Waals surface area contributed by atoms with Gasteiger partial charge in [-0.15, -0.1) is 24.0 Å². The van der Waals surface area contributed by atoms with Crippen LogP contribution in [0.3, 0.4) is 0 Å². The second kappa shape index (κ2) is 12.6. The van der Waals surface area contributed by atoms with Crippen LogP contribution >= 0.6 is 24.0 Å². The third-order valence-corrected chi connectivity index (χ3v) is 6.08. The van der Waals surface area contributed by atoms with Gasteiger partial charge in [-0.3, -0.25) is 0 Å². The fourth-order valence-electron chi connectivity index (χ4n) is 2.77. The largest absolute Gasteiger partial charge is 0.379 e. The number of ether oxygens (including phenoxy) is 1. The van der Waals surface area contributed by atoms with Gasteiger partial charge in [0.05, 0.1) is 25.5 Å². The Morgan fingerprint density at radius 2 is 1.82 bits per heavy atom. The van der Waals surface area contributed by atoms with E-state index in [9.17, 15) is 8.42 Å². The van der Waals surface area contributed by atoms with E-state index < -0.39 is 10.0 Å². The Kier molecular flexibility index (Phi) is 11.3. The van der Waals surface area contributed by atoms with E-state index in [1.165, 1.54) is 4.31 Å². The molecule has 0 bridgehead atoms. The number of nitrogens with zero attached hydrogens (tertiary/aromatic N) is 2. The molecule has 1 saturated heterocycles. The second-order valence-corrected chi connectivity index (χ2v) is 8.98. The molecular formula is C19H33IN4O3S. The molecule has 1 aromatic rings. The molecule has 1 aromatic carbocycles. The van der Waals surface area contributed by atoms with Gasteiger partial charge < -0.3 is 15.4 Å². The number of sulfonamides is 1. The van der Waals surface area contributed by atoms with Crippen LogP contribution in [-0.2, 0) is 27.1 Å². The lowest BCUT2D eigenvalue weighted by molar-refractivity contribution is 0.0729. The number of halogens is 1. The minimum Gasteiger partial charge on any atom is -0.379 e. The van der Waals surface area contributed by atoms with Crippen molar-refractivity contribution in [3.63, 3.8) is 0 Å². The first-order chi connectivity index (χ1) is 12.9. The van der Waals surface area contributed by atoms with Crippen molar-refractivity contribution in [3.8, 4) is 0 Å². The predicted molar refractivity (Wildman–Crippen MR) is 125 cm³/mol. The smallest absolute Gasteiger partial charge is 0.218 e. The SMILES string of the molecule is CCNC(=NCc1ccccc1CS(=O)(=O)N1CCOCC1)NCC(C)C.I. The summed E-state index contributed by atoms with van der Waals surface area (Å²) in [5.41, 5.74) is 1.73. The lowest BCUT2D eigenvalue weighted by atomic mass is 10.1. The van der Waals surface area contributed by atoms with Crippen LogP contribution in [0.2, 0.25) is 0 Å². The molecule has 1 aliphatic rings. The summed E-state index contributed by atoms with van der Waals surface area (Å²) in [6.45, 7) is 10.1. The summed E-state index contributed by atoms with van der Waals surface area (Å²) in [7, 11) is -3.36. The zero-order chi connectivity index (χ0) is 19.7. The molecule has 2 N–H and O–H groups in total. The topological polar surface area (TPSA) is 83.0 Å². The number of benzene rings is 1. The van der Waals surface area contributed by atoms with Gasteiger partial charge in [0.15, 0.2) is 5.96 Å². The Morgan fingerprint density at radius 3 is 2.43 bits per heavy atom. The average molecular weight is 524 g/mol. The van der Waals surface area contributed by atoms with Crippen molar-refractivity contribution < 1.29 is 13.2 Å². The maximum Gasteiger partial charge on any atom is 0.218 e. The first-order valence-corrected chi connectivity index (χ1v) is 11.2. The van der Waals surface area contributed by atoms with Gasteiger partial charge in [-0.05, 0) is 24.0 Å². The Bertz CT molecular complexity index is 720. The van der Waals surface area contributed by atoms with Crippen molar-refractivity contribution in [3.05, 3.63) is 35.4 Å². The monoisotopic (exact) mass is 524 g/mol. The van der Waals surface area contributed by atoms with Crippen molar-refractivity contribution in [1.82, 2.24) is 14.9 Å². The van der Waals surface area contributed by atoms with Gasteiger partial charge in [0.1, 0.15) is 0 Å². The Balaban J connectivity index is 0.00000392. The van der Waals surface area contributed by atoms with Crippen LogP contribution in [0.15, 0.2) is 29.3 Å². The Hall–Kier alpha value is -0.910. The molecule has 160 valence electrons. The highest BCUT2D eigenvalue weighted by Crippen LogP contribution is 2.17. The normalized spacial score (nSPS) is 15.9. The fraction of sp³-hybridized carbons (Fsp3) is 0.632. The number of guanidine groups is 1. The lowest BCUT2D eigenvalue weighted by Gasteiger charge is -2.26. The highest BCUT2D eigenvalue weighted by molar-refractivity contribution is 14.0. The second-order valence-electron chi connectivity index (χ2n) is 7.01. The minimum atomic E-state index is -3.36. The third-order valence-electron chi connectivity index (χ3n) is 4.25. The molecule has 0 amide bonds. The van der Waals surface area contributed by atoms with Gasteiger partial charge in [-0.25, -0.2) is 13.4 Å². The van der Waals surface area contributed by atoms with E-state index in [0.717, 1.165) is 30.2 Å². The van der Waals surface area contributed by atoms with Crippen molar-refractivity contribution >= 4 is 40.0 Å². The van der Waals surface area contributed by atoms with Gasteiger partial charge >= 0.3 is 0 Å². The quantitative estimate of drug-likeness (QED) is 0.310. The number of nitrogens with one attached hydrogen (secondary N) is 2. The molecule has 0 aliphatic carbocycles. The first kappa shape index (κ1) is 25.1. The van der Waals surface area contributed by atoms with E-state index in [0.29, 0.717) is 38.8 Å². The number of morpholine rings is 1. The van der Waals surface area contributed by atoms with Crippen LogP contribution < -0.4 is 10.6 Å². The molecule has 0 radical (unpaired) electrons. The van der Waals surface area contributed by atoms with Crippen molar-refractivity contribution in [2.45, 2.75) is 33.1 Å². The van der Waals surface area contributed by atoms with E-state index in [-0.39, 0.29) is 29.7 Å². The molecule has 1 fully saturated rings. The number of hydrogen-bond donors (Lipinski definition) is 2. The van der Waals surface area contributed by atoms with E-state index in [2.05, 4.69) is 29.5 Å². The summed E-state index contributed by atoms with van der Waals surface area (Å²) in [5.74, 6) is 1.26. The average Bonchev–Trinajstić information content (AvgIpc) is 2.65. The highest BCUT2D eigenvalue weighted by atomic mass is 127. The van der Waals surface area contributed by atoms with Crippen molar-refractivity contribution in [1.29, 1.82) is 0 Å². The molecule has 28 heavy (non-hydrogen) atoms. The maximum atomic E-state index is 12.7. The van der Waals surface area contributed by atoms with E-state index in [4.69, 9.17) is 4.74 Å². The number of hydrogen-bond acceptors (Lipinski definition) is 4. The predicted octanol–water partition coefficient (Wildman–Crippen LogP) is 2.18. The van der Waals surface area contributed by atoms with Crippen LogP contribution in [0, 0.1) is 5.92 Å². The van der Waals surface area contributed by atoms with Gasteiger partial charge in [0.25, 0.3) is 0 Å². The fourth-order valence-corrected chi connectivity index (χ4v) is 4.33. The zero-order valence-corrected chi connectivity index (χ0v) is 20.1. The Morgan fingerprint density at radius 1 is 1.18 bits per heavy atom. The van der Waals surface area contributed by atoms with Gasteiger partial charge in [0.2, 0.25) is 10.0 Å². The maximum absolute atomic E-state index is 12.7. The third kappa shape index (κ3) is 8.22. The first-order valence-electron chi connectivity index (χ1n) is 9.57. The van der Waals surface area contributed by atoms with E-state index in [1.54, 1.807) is 0 Å². The number of rotatable bonds is 8.